The maximum atomic E-state index is 13.3. The third-order valence-electron chi connectivity index (χ3n) is 4.99. The molecule has 1 aliphatic carbocycles. The highest BCUT2D eigenvalue weighted by Crippen LogP contribution is 2.40. The van der Waals surface area contributed by atoms with E-state index < -0.39 is 0 Å². The number of hydrogen-bond donors (Lipinski definition) is 1. The summed E-state index contributed by atoms with van der Waals surface area (Å²) >= 11 is 5.93. The first-order valence-electron chi connectivity index (χ1n) is 7.61. The third-order valence-corrected chi connectivity index (χ3v) is 5.28. The number of nitrogens with zero attached hydrogens (tertiary/aromatic N) is 1. The number of likely N-dealkylation sites (tertiary alicyclic amines) is 1. The number of piperidine rings is 1. The lowest BCUT2D eigenvalue weighted by molar-refractivity contribution is 0.0701. The van der Waals surface area contributed by atoms with Crippen molar-refractivity contribution in [2.45, 2.75) is 44.2 Å². The zero-order chi connectivity index (χ0) is 14.1. The molecule has 1 heterocycles. The van der Waals surface area contributed by atoms with Gasteiger partial charge in [0, 0.05) is 18.6 Å². The van der Waals surface area contributed by atoms with Crippen molar-refractivity contribution in [3.63, 3.8) is 0 Å². The lowest BCUT2D eigenvalue weighted by Crippen LogP contribution is -2.46. The fraction of sp³-hybridized carbons (Fsp3) is 0.625. The highest BCUT2D eigenvalue weighted by atomic mass is 35.5. The van der Waals surface area contributed by atoms with Crippen LogP contribution in [0.5, 0.6) is 0 Å². The Morgan fingerprint density at radius 2 is 2.10 bits per heavy atom. The van der Waals surface area contributed by atoms with Gasteiger partial charge in [-0.2, -0.15) is 0 Å². The lowest BCUT2D eigenvalue weighted by Gasteiger charge is -2.42. The molecule has 2 N–H and O–H groups in total. The second-order valence-electron chi connectivity index (χ2n) is 6.06. The zero-order valence-corrected chi connectivity index (χ0v) is 12.5. The van der Waals surface area contributed by atoms with Gasteiger partial charge < -0.3 is 5.73 Å². The van der Waals surface area contributed by atoms with Gasteiger partial charge in [-0.05, 0) is 55.8 Å². The van der Waals surface area contributed by atoms with Crippen molar-refractivity contribution in [2.24, 2.45) is 11.7 Å². The van der Waals surface area contributed by atoms with Crippen LogP contribution in [0.4, 0.5) is 4.39 Å². The van der Waals surface area contributed by atoms with Gasteiger partial charge in [-0.25, -0.2) is 4.39 Å². The smallest absolute Gasteiger partial charge is 0.141 e. The molecule has 110 valence electrons. The molecule has 0 bridgehead atoms. The molecule has 2 fully saturated rings. The third kappa shape index (κ3) is 2.59. The Labute approximate surface area is 125 Å². The van der Waals surface area contributed by atoms with Gasteiger partial charge in [0.2, 0.25) is 0 Å². The van der Waals surface area contributed by atoms with Crippen LogP contribution in [0.25, 0.3) is 0 Å². The largest absolute Gasteiger partial charge is 0.329 e. The monoisotopic (exact) mass is 296 g/mol. The lowest BCUT2D eigenvalue weighted by atomic mass is 9.89. The number of halogens is 2. The standard InChI is InChI=1S/C16H22ClFN2/c17-13-9-12(6-7-14(13)18)16(10-19)20-8-2-4-11-3-1-5-15(11)20/h6-7,9,11,15-16H,1-5,8,10,19H2. The first-order chi connectivity index (χ1) is 9.70. The Morgan fingerprint density at radius 3 is 2.85 bits per heavy atom. The maximum Gasteiger partial charge on any atom is 0.141 e. The summed E-state index contributed by atoms with van der Waals surface area (Å²) in [7, 11) is 0. The summed E-state index contributed by atoms with van der Waals surface area (Å²) in [4.78, 5) is 2.55. The Hall–Kier alpha value is -0.640. The van der Waals surface area contributed by atoms with Crippen molar-refractivity contribution < 1.29 is 4.39 Å². The van der Waals surface area contributed by atoms with Crippen LogP contribution < -0.4 is 5.73 Å². The van der Waals surface area contributed by atoms with Crippen molar-refractivity contribution in [2.75, 3.05) is 13.1 Å². The van der Waals surface area contributed by atoms with E-state index >= 15 is 0 Å². The van der Waals surface area contributed by atoms with Crippen molar-refractivity contribution in [3.05, 3.63) is 34.6 Å². The molecule has 3 rings (SSSR count). The van der Waals surface area contributed by atoms with E-state index in [0.717, 1.165) is 18.0 Å². The Bertz CT molecular complexity index is 480. The molecule has 0 spiro atoms. The molecule has 1 aromatic carbocycles. The van der Waals surface area contributed by atoms with Crippen LogP contribution in [0.3, 0.4) is 0 Å². The molecule has 0 radical (unpaired) electrons. The zero-order valence-electron chi connectivity index (χ0n) is 11.7. The second kappa shape index (κ2) is 6.00. The van der Waals surface area contributed by atoms with E-state index in [4.69, 9.17) is 17.3 Å². The molecule has 1 saturated carbocycles. The van der Waals surface area contributed by atoms with Gasteiger partial charge in [-0.3, -0.25) is 4.90 Å². The number of benzene rings is 1. The molecule has 4 heteroatoms. The van der Waals surface area contributed by atoms with Gasteiger partial charge in [-0.1, -0.05) is 24.1 Å². The van der Waals surface area contributed by atoms with Crippen LogP contribution in [0.2, 0.25) is 5.02 Å². The highest BCUT2D eigenvalue weighted by Gasteiger charge is 2.38. The molecule has 2 aliphatic rings. The maximum absolute atomic E-state index is 13.3. The van der Waals surface area contributed by atoms with Crippen molar-refractivity contribution in [3.8, 4) is 0 Å². The van der Waals surface area contributed by atoms with E-state index in [0.29, 0.717) is 12.6 Å². The van der Waals surface area contributed by atoms with Crippen molar-refractivity contribution in [1.29, 1.82) is 0 Å². The van der Waals surface area contributed by atoms with Gasteiger partial charge in [0.1, 0.15) is 5.82 Å². The number of nitrogens with two attached hydrogens (primary N) is 1. The fourth-order valence-corrected chi connectivity index (χ4v) is 4.25. The molecule has 3 atom stereocenters. The number of fused-ring (bicyclic) bond motifs is 1. The molecule has 3 unspecified atom stereocenters. The second-order valence-corrected chi connectivity index (χ2v) is 6.47. The van der Waals surface area contributed by atoms with E-state index in [1.807, 2.05) is 6.07 Å². The van der Waals surface area contributed by atoms with Crippen LogP contribution in [0, 0.1) is 11.7 Å². The van der Waals surface area contributed by atoms with E-state index in [1.54, 1.807) is 6.07 Å². The molecule has 1 saturated heterocycles. The summed E-state index contributed by atoms with van der Waals surface area (Å²) in [6.45, 7) is 1.66. The van der Waals surface area contributed by atoms with Crippen LogP contribution in [0.1, 0.15) is 43.7 Å². The first-order valence-corrected chi connectivity index (χ1v) is 7.99. The van der Waals surface area contributed by atoms with Gasteiger partial charge in [0.05, 0.1) is 5.02 Å². The fourth-order valence-electron chi connectivity index (χ4n) is 4.06. The molecular formula is C16H22ClFN2. The van der Waals surface area contributed by atoms with Crippen LogP contribution in [0.15, 0.2) is 18.2 Å². The minimum atomic E-state index is -0.358. The molecule has 1 aliphatic heterocycles. The minimum absolute atomic E-state index is 0.166. The predicted octanol–water partition coefficient (Wildman–Crippen LogP) is 3.74. The summed E-state index contributed by atoms with van der Waals surface area (Å²) in [5, 5.41) is 0.195. The van der Waals surface area contributed by atoms with Crippen LogP contribution >= 0.6 is 11.6 Å². The molecule has 0 amide bonds. The van der Waals surface area contributed by atoms with Crippen LogP contribution in [-0.4, -0.2) is 24.0 Å². The van der Waals surface area contributed by atoms with E-state index in [2.05, 4.69) is 4.90 Å². The quantitative estimate of drug-likeness (QED) is 0.920. The summed E-state index contributed by atoms with van der Waals surface area (Å²) < 4.78 is 13.3. The molecule has 20 heavy (non-hydrogen) atoms. The number of rotatable bonds is 3. The number of hydrogen-bond acceptors (Lipinski definition) is 2. The average Bonchev–Trinajstić information content (AvgIpc) is 2.93. The summed E-state index contributed by atoms with van der Waals surface area (Å²) in [6, 6.07) is 5.85. The predicted molar refractivity (Wildman–Crippen MR) is 80.3 cm³/mol. The van der Waals surface area contributed by atoms with E-state index in [1.165, 1.54) is 38.2 Å². The van der Waals surface area contributed by atoms with Crippen molar-refractivity contribution >= 4 is 11.6 Å². The van der Waals surface area contributed by atoms with Gasteiger partial charge in [0.15, 0.2) is 0 Å². The van der Waals surface area contributed by atoms with E-state index in [-0.39, 0.29) is 16.9 Å². The van der Waals surface area contributed by atoms with Crippen LogP contribution in [-0.2, 0) is 0 Å². The van der Waals surface area contributed by atoms with Gasteiger partial charge in [0.25, 0.3) is 0 Å². The minimum Gasteiger partial charge on any atom is -0.329 e. The normalized spacial score (nSPS) is 28.4. The molecule has 1 aromatic rings. The molecular weight excluding hydrogens is 275 g/mol. The molecule has 0 aromatic heterocycles. The topological polar surface area (TPSA) is 29.3 Å². The van der Waals surface area contributed by atoms with Gasteiger partial charge >= 0.3 is 0 Å². The summed E-state index contributed by atoms with van der Waals surface area (Å²) in [5.41, 5.74) is 7.08. The SMILES string of the molecule is NCC(c1ccc(F)c(Cl)c1)N1CCCC2CCCC21. The Balaban J connectivity index is 1.86. The van der Waals surface area contributed by atoms with Crippen molar-refractivity contribution in [1.82, 2.24) is 4.90 Å². The summed E-state index contributed by atoms with van der Waals surface area (Å²) in [6.07, 6.45) is 6.54. The molecule has 2 nitrogen and oxygen atoms in total. The average molecular weight is 297 g/mol. The van der Waals surface area contributed by atoms with Gasteiger partial charge in [-0.15, -0.1) is 0 Å². The highest BCUT2D eigenvalue weighted by molar-refractivity contribution is 6.30. The van der Waals surface area contributed by atoms with E-state index in [9.17, 15) is 4.39 Å². The summed E-state index contributed by atoms with van der Waals surface area (Å²) in [5.74, 6) is 0.470. The Kier molecular flexibility index (Phi) is 4.29. The Morgan fingerprint density at radius 1 is 1.30 bits per heavy atom. The first kappa shape index (κ1) is 14.3.